The van der Waals surface area contributed by atoms with Crippen LogP contribution >= 0.6 is 11.8 Å². The van der Waals surface area contributed by atoms with E-state index in [1.54, 1.807) is 24.3 Å². The fourth-order valence-electron chi connectivity index (χ4n) is 2.68. The van der Waals surface area contributed by atoms with E-state index in [0.717, 1.165) is 4.90 Å². The second-order valence-corrected chi connectivity index (χ2v) is 7.35. The number of hydrogen-bond donors (Lipinski definition) is 2. The summed E-state index contributed by atoms with van der Waals surface area (Å²) >= 11 is 1.46. The van der Waals surface area contributed by atoms with Gasteiger partial charge in [-0.25, -0.2) is 0 Å². The summed E-state index contributed by atoms with van der Waals surface area (Å²) in [5.41, 5.74) is 7.00. The lowest BCUT2D eigenvalue weighted by Gasteiger charge is -2.25. The smallest absolute Gasteiger partial charge is 0.258 e. The molecule has 0 spiro atoms. The summed E-state index contributed by atoms with van der Waals surface area (Å²) in [5.74, 6) is -0.805. The molecule has 0 saturated heterocycles. The van der Waals surface area contributed by atoms with Crippen LogP contribution in [-0.4, -0.2) is 29.5 Å². The van der Waals surface area contributed by atoms with Gasteiger partial charge in [0.2, 0.25) is 11.8 Å². The highest BCUT2D eigenvalue weighted by Gasteiger charge is 2.25. The molecule has 134 valence electrons. The fourth-order valence-corrected chi connectivity index (χ4v) is 3.61. The summed E-state index contributed by atoms with van der Waals surface area (Å²) in [4.78, 5) is 38.6. The van der Waals surface area contributed by atoms with Crippen LogP contribution in [0.25, 0.3) is 0 Å². The Morgan fingerprint density at radius 2 is 1.92 bits per heavy atom. The second kappa shape index (κ2) is 7.61. The van der Waals surface area contributed by atoms with Gasteiger partial charge in [-0.2, -0.15) is 0 Å². The van der Waals surface area contributed by atoms with E-state index < -0.39 is 5.91 Å². The molecule has 0 aliphatic carbocycles. The number of benzene rings is 2. The third kappa shape index (κ3) is 3.88. The summed E-state index contributed by atoms with van der Waals surface area (Å²) in [6, 6.07) is 14.4. The van der Waals surface area contributed by atoms with E-state index in [0.29, 0.717) is 16.9 Å². The van der Waals surface area contributed by atoms with Gasteiger partial charge in [0.1, 0.15) is 0 Å². The zero-order valence-electron chi connectivity index (χ0n) is 14.3. The van der Waals surface area contributed by atoms with Gasteiger partial charge >= 0.3 is 0 Å². The molecule has 1 heterocycles. The molecule has 0 radical (unpaired) electrons. The normalized spacial score (nSPS) is 15.7. The molecule has 3 N–H and O–H groups in total. The van der Waals surface area contributed by atoms with Crippen LogP contribution < -0.4 is 16.0 Å². The first-order chi connectivity index (χ1) is 12.5. The van der Waals surface area contributed by atoms with Gasteiger partial charge in [-0.05, 0) is 37.3 Å². The third-order valence-corrected chi connectivity index (χ3v) is 5.23. The zero-order valence-corrected chi connectivity index (χ0v) is 15.1. The standard InChI is InChI=1S/C19H19N3O3S/c1-12-18(24)21-15-11-13(7-8-16(15)26-12)19(25)22(10-9-17(20)23)14-5-3-2-4-6-14/h2-8,11-12H,9-10H2,1H3,(H2,20,23)(H,21,24)/t12-/m0/s1. The topological polar surface area (TPSA) is 92.5 Å². The lowest BCUT2D eigenvalue weighted by Crippen LogP contribution is -2.34. The maximum atomic E-state index is 13.0. The van der Waals surface area contributed by atoms with E-state index in [4.69, 9.17) is 5.73 Å². The molecule has 0 fully saturated rings. The summed E-state index contributed by atoms with van der Waals surface area (Å²) in [6.07, 6.45) is 0.0652. The number of rotatable bonds is 5. The minimum Gasteiger partial charge on any atom is -0.370 e. The number of hydrogen-bond acceptors (Lipinski definition) is 4. The van der Waals surface area contributed by atoms with Gasteiger partial charge in [0.05, 0.1) is 10.9 Å². The Hall–Kier alpha value is -2.80. The molecular formula is C19H19N3O3S. The highest BCUT2D eigenvalue weighted by atomic mass is 32.2. The van der Waals surface area contributed by atoms with E-state index >= 15 is 0 Å². The molecule has 0 unspecified atom stereocenters. The van der Waals surface area contributed by atoms with Crippen LogP contribution in [0, 0.1) is 0 Å². The number of thioether (sulfide) groups is 1. The predicted molar refractivity (Wildman–Crippen MR) is 102 cm³/mol. The summed E-state index contributed by atoms with van der Waals surface area (Å²) in [7, 11) is 0. The van der Waals surface area contributed by atoms with Gasteiger partial charge in [-0.15, -0.1) is 11.8 Å². The summed E-state index contributed by atoms with van der Waals surface area (Å²) < 4.78 is 0. The fraction of sp³-hybridized carbons (Fsp3) is 0.211. The molecule has 26 heavy (non-hydrogen) atoms. The Labute approximate surface area is 155 Å². The van der Waals surface area contributed by atoms with Crippen molar-refractivity contribution in [1.29, 1.82) is 0 Å². The number of amides is 3. The van der Waals surface area contributed by atoms with Gasteiger partial charge in [-0.3, -0.25) is 14.4 Å². The highest BCUT2D eigenvalue weighted by molar-refractivity contribution is 8.00. The number of nitrogens with zero attached hydrogens (tertiary/aromatic N) is 1. The van der Waals surface area contributed by atoms with Gasteiger partial charge in [0.25, 0.3) is 5.91 Å². The van der Waals surface area contributed by atoms with Gasteiger partial charge < -0.3 is 16.0 Å². The maximum absolute atomic E-state index is 13.0. The number of nitrogens with one attached hydrogen (secondary N) is 1. The Morgan fingerprint density at radius 1 is 1.19 bits per heavy atom. The molecule has 2 aromatic rings. The van der Waals surface area contributed by atoms with Crippen molar-refractivity contribution in [2.24, 2.45) is 5.73 Å². The van der Waals surface area contributed by atoms with Crippen molar-refractivity contribution in [3.05, 3.63) is 54.1 Å². The van der Waals surface area contributed by atoms with Crippen LogP contribution in [0.3, 0.4) is 0 Å². The lowest BCUT2D eigenvalue weighted by molar-refractivity contribution is -0.118. The van der Waals surface area contributed by atoms with Gasteiger partial charge in [0, 0.05) is 29.1 Å². The van der Waals surface area contributed by atoms with E-state index in [-0.39, 0.29) is 30.0 Å². The van der Waals surface area contributed by atoms with Crippen molar-refractivity contribution in [2.75, 3.05) is 16.8 Å². The first-order valence-corrected chi connectivity index (χ1v) is 9.10. The largest absolute Gasteiger partial charge is 0.370 e. The molecule has 1 atom stereocenters. The lowest BCUT2D eigenvalue weighted by atomic mass is 10.1. The van der Waals surface area contributed by atoms with E-state index in [9.17, 15) is 14.4 Å². The quantitative estimate of drug-likeness (QED) is 0.847. The molecule has 7 heteroatoms. The molecule has 1 aliphatic rings. The number of nitrogens with two attached hydrogens (primary N) is 1. The van der Waals surface area contributed by atoms with Crippen molar-refractivity contribution in [2.45, 2.75) is 23.5 Å². The average Bonchev–Trinajstić information content (AvgIpc) is 2.63. The maximum Gasteiger partial charge on any atom is 0.258 e. The molecule has 6 nitrogen and oxygen atoms in total. The van der Waals surface area contributed by atoms with Crippen LogP contribution in [0.15, 0.2) is 53.4 Å². The second-order valence-electron chi connectivity index (χ2n) is 5.97. The zero-order chi connectivity index (χ0) is 18.7. The number of anilines is 2. The molecule has 1 aliphatic heterocycles. The molecule has 3 rings (SSSR count). The molecule has 0 saturated carbocycles. The molecule has 0 bridgehead atoms. The van der Waals surface area contributed by atoms with Crippen molar-refractivity contribution >= 4 is 40.9 Å². The Bertz CT molecular complexity index is 854. The van der Waals surface area contributed by atoms with Crippen LogP contribution in [0.5, 0.6) is 0 Å². The highest BCUT2D eigenvalue weighted by Crippen LogP contribution is 2.36. The Kier molecular flexibility index (Phi) is 5.27. The predicted octanol–water partition coefficient (Wildman–Crippen LogP) is 2.64. The van der Waals surface area contributed by atoms with Crippen LogP contribution in [0.1, 0.15) is 23.7 Å². The van der Waals surface area contributed by atoms with Crippen LogP contribution in [-0.2, 0) is 9.59 Å². The molecule has 0 aromatic heterocycles. The third-order valence-electron chi connectivity index (χ3n) is 4.05. The molecule has 3 amide bonds. The van der Waals surface area contributed by atoms with Crippen LogP contribution in [0.2, 0.25) is 0 Å². The van der Waals surface area contributed by atoms with E-state index in [1.165, 1.54) is 16.7 Å². The first kappa shape index (κ1) is 18.0. The average molecular weight is 369 g/mol. The minimum absolute atomic E-state index is 0.0652. The van der Waals surface area contributed by atoms with Crippen molar-refractivity contribution in [1.82, 2.24) is 0 Å². The number of carbonyl (C=O) groups is 3. The van der Waals surface area contributed by atoms with Gasteiger partial charge in [0.15, 0.2) is 0 Å². The minimum atomic E-state index is -0.471. The van der Waals surface area contributed by atoms with Gasteiger partial charge in [-0.1, -0.05) is 18.2 Å². The Balaban J connectivity index is 1.90. The Morgan fingerprint density at radius 3 is 2.62 bits per heavy atom. The first-order valence-electron chi connectivity index (χ1n) is 8.22. The number of carbonyl (C=O) groups excluding carboxylic acids is 3. The molecular weight excluding hydrogens is 350 g/mol. The molecule has 2 aromatic carbocycles. The van der Waals surface area contributed by atoms with Crippen molar-refractivity contribution < 1.29 is 14.4 Å². The van der Waals surface area contributed by atoms with E-state index in [1.807, 2.05) is 31.2 Å². The van der Waals surface area contributed by atoms with Crippen molar-refractivity contribution in [3.63, 3.8) is 0 Å². The number of primary amides is 1. The van der Waals surface area contributed by atoms with Crippen molar-refractivity contribution in [3.8, 4) is 0 Å². The monoisotopic (exact) mass is 369 g/mol. The van der Waals surface area contributed by atoms with E-state index in [2.05, 4.69) is 5.32 Å². The summed E-state index contributed by atoms with van der Waals surface area (Å²) in [6.45, 7) is 2.02. The number of fused-ring (bicyclic) bond motifs is 1. The number of para-hydroxylation sites is 1. The SMILES string of the molecule is C[C@@H]1Sc2ccc(C(=O)N(CCC(N)=O)c3ccccc3)cc2NC1=O. The summed E-state index contributed by atoms with van der Waals surface area (Å²) in [5, 5.41) is 2.66. The van der Waals surface area contributed by atoms with Crippen LogP contribution in [0.4, 0.5) is 11.4 Å².